The number of ether oxygens (including phenoxy) is 1. The molecule has 1 aromatic carbocycles. The van der Waals surface area contributed by atoms with E-state index in [1.165, 1.54) is 0 Å². The van der Waals surface area contributed by atoms with Crippen molar-refractivity contribution in [3.63, 3.8) is 0 Å². The van der Waals surface area contributed by atoms with E-state index in [-0.39, 0.29) is 0 Å². The topological polar surface area (TPSA) is 65.4 Å². The Morgan fingerprint density at radius 2 is 1.95 bits per heavy atom. The molecular weight excluding hydrogens is 284 g/mol. The molecule has 0 saturated heterocycles. The molecule has 3 rings (SSSR count). The number of aromatic nitrogens is 3. The summed E-state index contributed by atoms with van der Waals surface area (Å²) in [5, 5.41) is 9.17. The highest BCUT2D eigenvalue weighted by atomic mass is 32.2. The Morgan fingerprint density at radius 1 is 1.10 bits per heavy atom. The maximum absolute atomic E-state index is 5.78. The molecule has 2 N–H and O–H groups in total. The Labute approximate surface area is 127 Å². The number of nitrogens with zero attached hydrogens (tertiary/aromatic N) is 3. The third kappa shape index (κ3) is 3.17. The van der Waals surface area contributed by atoms with Gasteiger partial charge in [-0.2, -0.15) is 0 Å². The summed E-state index contributed by atoms with van der Waals surface area (Å²) < 4.78 is 7.75. The first-order valence-electron chi connectivity index (χ1n) is 6.72. The Bertz CT molecular complexity index is 728. The number of para-hydroxylation sites is 1. The van der Waals surface area contributed by atoms with Crippen LogP contribution in [0.2, 0.25) is 0 Å². The third-order valence-electron chi connectivity index (χ3n) is 3.05. The van der Waals surface area contributed by atoms with E-state index < -0.39 is 0 Å². The highest BCUT2D eigenvalue weighted by molar-refractivity contribution is 7.99. The van der Waals surface area contributed by atoms with Crippen molar-refractivity contribution in [1.29, 1.82) is 0 Å². The van der Waals surface area contributed by atoms with E-state index in [4.69, 9.17) is 10.5 Å². The van der Waals surface area contributed by atoms with Gasteiger partial charge in [-0.3, -0.25) is 4.40 Å². The van der Waals surface area contributed by atoms with Crippen molar-refractivity contribution in [2.75, 3.05) is 12.4 Å². The molecule has 0 saturated carbocycles. The van der Waals surface area contributed by atoms with Crippen LogP contribution in [0.4, 0.5) is 0 Å². The van der Waals surface area contributed by atoms with Gasteiger partial charge in [0.2, 0.25) is 0 Å². The highest BCUT2D eigenvalue weighted by Crippen LogP contribution is 2.19. The molecule has 0 bridgehead atoms. The average molecular weight is 300 g/mol. The van der Waals surface area contributed by atoms with Crippen molar-refractivity contribution in [1.82, 2.24) is 14.6 Å². The standard InChI is InChI=1S/C15H16N4OS/c16-11-12-5-1-2-6-13(12)20-9-10-21-15-18-17-14-7-3-4-8-19(14)15/h1-8H,9-11,16H2. The molecule has 108 valence electrons. The zero-order valence-corrected chi connectivity index (χ0v) is 12.3. The van der Waals surface area contributed by atoms with Gasteiger partial charge >= 0.3 is 0 Å². The Morgan fingerprint density at radius 3 is 2.86 bits per heavy atom. The van der Waals surface area contributed by atoms with Crippen LogP contribution in [0.15, 0.2) is 53.8 Å². The molecule has 3 aromatic rings. The van der Waals surface area contributed by atoms with Gasteiger partial charge in [0.1, 0.15) is 5.75 Å². The molecule has 0 amide bonds. The molecule has 2 heterocycles. The summed E-state index contributed by atoms with van der Waals surface area (Å²) in [6.07, 6.45) is 1.96. The van der Waals surface area contributed by atoms with Gasteiger partial charge < -0.3 is 10.5 Å². The Balaban J connectivity index is 1.57. The second kappa shape index (κ2) is 6.60. The molecule has 0 unspecified atom stereocenters. The van der Waals surface area contributed by atoms with Crippen LogP contribution in [0.3, 0.4) is 0 Å². The van der Waals surface area contributed by atoms with Crippen molar-refractivity contribution < 1.29 is 4.74 Å². The Hall–Kier alpha value is -2.05. The van der Waals surface area contributed by atoms with E-state index in [2.05, 4.69) is 10.2 Å². The first-order valence-corrected chi connectivity index (χ1v) is 7.70. The van der Waals surface area contributed by atoms with Crippen molar-refractivity contribution in [3.8, 4) is 5.75 Å². The van der Waals surface area contributed by atoms with Gasteiger partial charge in [0.15, 0.2) is 10.8 Å². The summed E-state index contributed by atoms with van der Waals surface area (Å²) in [5.74, 6) is 1.65. The maximum atomic E-state index is 5.78. The summed E-state index contributed by atoms with van der Waals surface area (Å²) in [6, 6.07) is 13.7. The molecule has 0 spiro atoms. The predicted octanol–water partition coefficient (Wildman–Crippen LogP) is 2.36. The monoisotopic (exact) mass is 300 g/mol. The molecule has 2 aromatic heterocycles. The van der Waals surface area contributed by atoms with Crippen LogP contribution in [0.1, 0.15) is 5.56 Å². The van der Waals surface area contributed by atoms with Crippen molar-refractivity contribution >= 4 is 17.4 Å². The van der Waals surface area contributed by atoms with Crippen LogP contribution in [-0.2, 0) is 6.54 Å². The first kappa shape index (κ1) is 13.9. The molecular formula is C15H16N4OS. The van der Waals surface area contributed by atoms with Gasteiger partial charge in [0, 0.05) is 24.1 Å². The van der Waals surface area contributed by atoms with Gasteiger partial charge in [0.05, 0.1) is 6.61 Å². The largest absolute Gasteiger partial charge is 0.492 e. The molecule has 0 aliphatic rings. The van der Waals surface area contributed by atoms with E-state index in [0.29, 0.717) is 13.2 Å². The number of thioether (sulfide) groups is 1. The summed E-state index contributed by atoms with van der Waals surface area (Å²) in [4.78, 5) is 0. The third-order valence-corrected chi connectivity index (χ3v) is 3.95. The Kier molecular flexibility index (Phi) is 4.37. The summed E-state index contributed by atoms with van der Waals surface area (Å²) in [7, 11) is 0. The van der Waals surface area contributed by atoms with Gasteiger partial charge in [0.25, 0.3) is 0 Å². The number of rotatable bonds is 6. The van der Waals surface area contributed by atoms with Crippen LogP contribution >= 0.6 is 11.8 Å². The number of benzene rings is 1. The fourth-order valence-corrected chi connectivity index (χ4v) is 2.76. The fraction of sp³-hybridized carbons (Fsp3) is 0.200. The van der Waals surface area contributed by atoms with Crippen molar-refractivity contribution in [2.24, 2.45) is 5.73 Å². The lowest BCUT2D eigenvalue weighted by molar-refractivity contribution is 0.340. The van der Waals surface area contributed by atoms with Crippen molar-refractivity contribution in [3.05, 3.63) is 54.2 Å². The van der Waals surface area contributed by atoms with Crippen LogP contribution in [0.25, 0.3) is 5.65 Å². The number of hydrogen-bond donors (Lipinski definition) is 1. The van der Waals surface area contributed by atoms with Gasteiger partial charge in [-0.15, -0.1) is 10.2 Å². The number of hydrogen-bond acceptors (Lipinski definition) is 5. The fourth-order valence-electron chi connectivity index (χ4n) is 2.02. The zero-order valence-electron chi connectivity index (χ0n) is 11.5. The second-order valence-corrected chi connectivity index (χ2v) is 5.48. The minimum Gasteiger partial charge on any atom is -0.492 e. The van der Waals surface area contributed by atoms with E-state index >= 15 is 0 Å². The lowest BCUT2D eigenvalue weighted by Crippen LogP contribution is -2.05. The molecule has 0 aliphatic carbocycles. The number of fused-ring (bicyclic) bond motifs is 1. The quantitative estimate of drug-likeness (QED) is 0.559. The maximum Gasteiger partial charge on any atom is 0.195 e. The number of pyridine rings is 1. The molecule has 0 radical (unpaired) electrons. The second-order valence-electron chi connectivity index (χ2n) is 4.42. The molecule has 0 fully saturated rings. The van der Waals surface area contributed by atoms with Gasteiger partial charge in [-0.05, 0) is 18.2 Å². The van der Waals surface area contributed by atoms with Gasteiger partial charge in [-0.1, -0.05) is 36.0 Å². The van der Waals surface area contributed by atoms with E-state index in [9.17, 15) is 0 Å². The van der Waals surface area contributed by atoms with Crippen molar-refractivity contribution in [2.45, 2.75) is 11.7 Å². The lowest BCUT2D eigenvalue weighted by Gasteiger charge is -2.09. The molecule has 5 nitrogen and oxygen atoms in total. The summed E-state index contributed by atoms with van der Waals surface area (Å²) >= 11 is 1.62. The normalized spacial score (nSPS) is 10.9. The summed E-state index contributed by atoms with van der Waals surface area (Å²) in [5.41, 5.74) is 7.57. The molecule has 21 heavy (non-hydrogen) atoms. The molecule has 6 heteroatoms. The van der Waals surface area contributed by atoms with Crippen LogP contribution in [0.5, 0.6) is 5.75 Å². The lowest BCUT2D eigenvalue weighted by atomic mass is 10.2. The van der Waals surface area contributed by atoms with Crippen LogP contribution in [-0.4, -0.2) is 27.0 Å². The average Bonchev–Trinajstić information content (AvgIpc) is 2.95. The zero-order chi connectivity index (χ0) is 14.5. The minimum atomic E-state index is 0.484. The van der Waals surface area contributed by atoms with E-state index in [1.807, 2.05) is 53.1 Å². The molecule has 0 atom stereocenters. The van der Waals surface area contributed by atoms with E-state index in [0.717, 1.165) is 27.9 Å². The highest BCUT2D eigenvalue weighted by Gasteiger charge is 2.05. The predicted molar refractivity (Wildman–Crippen MR) is 83.5 cm³/mol. The first-order chi connectivity index (χ1) is 10.4. The number of nitrogens with two attached hydrogens (primary N) is 1. The van der Waals surface area contributed by atoms with E-state index in [1.54, 1.807) is 11.8 Å². The van der Waals surface area contributed by atoms with Gasteiger partial charge in [-0.25, -0.2) is 0 Å². The smallest absolute Gasteiger partial charge is 0.195 e. The molecule has 0 aliphatic heterocycles. The van der Waals surface area contributed by atoms with Crippen LogP contribution in [0, 0.1) is 0 Å². The SMILES string of the molecule is NCc1ccccc1OCCSc1nnc2ccccn12. The summed E-state index contributed by atoms with van der Waals surface area (Å²) in [6.45, 7) is 1.08. The van der Waals surface area contributed by atoms with Crippen LogP contribution < -0.4 is 10.5 Å². The minimum absolute atomic E-state index is 0.484.